The Labute approximate surface area is 75.5 Å². The zero-order valence-electron chi connectivity index (χ0n) is 8.48. The molecule has 1 N–H and O–H groups in total. The quantitative estimate of drug-likeness (QED) is 0.689. The largest absolute Gasteiger partial charge is 0.355 e. The highest BCUT2D eigenvalue weighted by atomic mass is 15.2. The molecule has 0 bridgehead atoms. The molecule has 2 heteroatoms. The van der Waals surface area contributed by atoms with E-state index in [1.54, 1.807) is 0 Å². The lowest BCUT2D eigenvalue weighted by Gasteiger charge is -2.37. The van der Waals surface area contributed by atoms with Crippen LogP contribution in [0.2, 0.25) is 0 Å². The van der Waals surface area contributed by atoms with E-state index in [2.05, 4.69) is 25.7 Å². The van der Waals surface area contributed by atoms with Gasteiger partial charge in [0.2, 0.25) is 0 Å². The molecule has 0 aromatic rings. The van der Waals surface area contributed by atoms with Gasteiger partial charge in [0.15, 0.2) is 0 Å². The molecular weight excluding hydrogens is 148 g/mol. The van der Waals surface area contributed by atoms with E-state index >= 15 is 0 Å². The van der Waals surface area contributed by atoms with E-state index in [0.717, 1.165) is 18.8 Å². The molecule has 0 aromatic heterocycles. The van der Waals surface area contributed by atoms with Crippen molar-refractivity contribution >= 4 is 5.84 Å². The highest BCUT2D eigenvalue weighted by molar-refractivity contribution is 5.81. The summed E-state index contributed by atoms with van der Waals surface area (Å²) in [4.78, 5) is 2.26. The molecule has 70 valence electrons. The minimum Gasteiger partial charge on any atom is -0.355 e. The Balaban J connectivity index is 2.60. The van der Waals surface area contributed by atoms with E-state index in [1.165, 1.54) is 19.3 Å². The molecule has 0 radical (unpaired) electrons. The topological polar surface area (TPSA) is 27.1 Å². The van der Waals surface area contributed by atoms with Crippen LogP contribution in [0.5, 0.6) is 0 Å². The van der Waals surface area contributed by atoms with E-state index in [9.17, 15) is 0 Å². The molecule has 1 saturated heterocycles. The summed E-state index contributed by atoms with van der Waals surface area (Å²) in [6.45, 7) is 7.79. The number of hydrogen-bond acceptors (Lipinski definition) is 1. The smallest absolute Gasteiger partial charge is 0.0962 e. The fraction of sp³-hybridized carbons (Fsp3) is 0.900. The Morgan fingerprint density at radius 1 is 1.50 bits per heavy atom. The second kappa shape index (κ2) is 3.46. The van der Waals surface area contributed by atoms with Crippen LogP contribution in [0.25, 0.3) is 0 Å². The van der Waals surface area contributed by atoms with Gasteiger partial charge in [0, 0.05) is 18.5 Å². The molecule has 1 rings (SSSR count). The number of nitrogens with one attached hydrogen (secondary N) is 1. The van der Waals surface area contributed by atoms with Crippen LogP contribution in [0.1, 0.15) is 46.5 Å². The first-order valence-corrected chi connectivity index (χ1v) is 4.93. The molecule has 0 spiro atoms. The molecular formula is C10H20N2. The number of nitrogens with zero attached hydrogens (tertiary/aromatic N) is 1. The Bertz CT molecular complexity index is 173. The highest BCUT2D eigenvalue weighted by Gasteiger charge is 2.30. The van der Waals surface area contributed by atoms with Gasteiger partial charge in [-0.15, -0.1) is 0 Å². The lowest BCUT2D eigenvalue weighted by molar-refractivity contribution is 0.213. The van der Waals surface area contributed by atoms with Crippen molar-refractivity contribution in [3.63, 3.8) is 0 Å². The van der Waals surface area contributed by atoms with Gasteiger partial charge in [-0.3, -0.25) is 5.41 Å². The maximum atomic E-state index is 7.77. The number of likely N-dealkylation sites (tertiary alicyclic amines) is 1. The van der Waals surface area contributed by atoms with Gasteiger partial charge in [-0.2, -0.15) is 0 Å². The second-order valence-electron chi connectivity index (χ2n) is 4.26. The van der Waals surface area contributed by atoms with Gasteiger partial charge >= 0.3 is 0 Å². The predicted octanol–water partition coefficient (Wildman–Crippen LogP) is 2.64. The number of amidine groups is 1. The van der Waals surface area contributed by atoms with Crippen LogP contribution < -0.4 is 0 Å². The van der Waals surface area contributed by atoms with Crippen molar-refractivity contribution in [2.45, 2.75) is 52.0 Å². The Kier molecular flexibility index (Phi) is 2.76. The zero-order chi connectivity index (χ0) is 9.19. The summed E-state index contributed by atoms with van der Waals surface area (Å²) in [5.74, 6) is 0.841. The molecule has 1 fully saturated rings. The van der Waals surface area contributed by atoms with Gasteiger partial charge in [0.25, 0.3) is 0 Å². The average molecular weight is 168 g/mol. The van der Waals surface area contributed by atoms with Crippen LogP contribution in [0.15, 0.2) is 0 Å². The van der Waals surface area contributed by atoms with Gasteiger partial charge in [0.05, 0.1) is 5.84 Å². The SMILES string of the molecule is CCCC(C)(C)N1CCCC1=N. The van der Waals surface area contributed by atoms with Crippen LogP contribution in [0, 0.1) is 5.41 Å². The summed E-state index contributed by atoms with van der Waals surface area (Å²) in [6, 6.07) is 0. The van der Waals surface area contributed by atoms with E-state index in [4.69, 9.17) is 5.41 Å². The summed E-state index contributed by atoms with van der Waals surface area (Å²) in [5.41, 5.74) is 0.211. The van der Waals surface area contributed by atoms with Crippen molar-refractivity contribution < 1.29 is 0 Å². The average Bonchev–Trinajstić information content (AvgIpc) is 2.35. The minimum atomic E-state index is 0.211. The highest BCUT2D eigenvalue weighted by Crippen LogP contribution is 2.26. The third kappa shape index (κ3) is 1.79. The maximum absolute atomic E-state index is 7.77. The third-order valence-corrected chi connectivity index (χ3v) is 2.71. The van der Waals surface area contributed by atoms with Crippen molar-refractivity contribution in [2.24, 2.45) is 0 Å². The molecule has 0 aromatic carbocycles. The maximum Gasteiger partial charge on any atom is 0.0962 e. The Hall–Kier alpha value is -0.530. The summed E-state index contributed by atoms with van der Waals surface area (Å²) < 4.78 is 0. The monoisotopic (exact) mass is 168 g/mol. The van der Waals surface area contributed by atoms with E-state index < -0.39 is 0 Å². The first-order valence-electron chi connectivity index (χ1n) is 4.93. The molecule has 2 nitrogen and oxygen atoms in total. The van der Waals surface area contributed by atoms with Crippen molar-refractivity contribution in [1.29, 1.82) is 5.41 Å². The summed E-state index contributed by atoms with van der Waals surface area (Å²) in [6.07, 6.45) is 4.55. The lowest BCUT2D eigenvalue weighted by atomic mass is 9.97. The van der Waals surface area contributed by atoms with Crippen LogP contribution in [0.3, 0.4) is 0 Å². The van der Waals surface area contributed by atoms with Crippen LogP contribution in [0.4, 0.5) is 0 Å². The van der Waals surface area contributed by atoms with Crippen LogP contribution in [-0.2, 0) is 0 Å². The molecule has 12 heavy (non-hydrogen) atoms. The molecule has 0 aliphatic carbocycles. The molecule has 1 aliphatic heterocycles. The van der Waals surface area contributed by atoms with E-state index in [0.29, 0.717) is 0 Å². The molecule has 0 saturated carbocycles. The first-order chi connectivity index (χ1) is 5.58. The fourth-order valence-electron chi connectivity index (χ4n) is 2.09. The standard InChI is InChI=1S/C10H20N2/c1-4-7-10(2,3)12-8-5-6-9(12)11/h11H,4-8H2,1-3H3. The minimum absolute atomic E-state index is 0.211. The molecule has 0 unspecified atom stereocenters. The van der Waals surface area contributed by atoms with E-state index in [-0.39, 0.29) is 5.54 Å². The summed E-state index contributed by atoms with van der Waals surface area (Å²) in [7, 11) is 0. The molecule has 0 amide bonds. The normalized spacial score (nSPS) is 18.9. The summed E-state index contributed by atoms with van der Waals surface area (Å²) in [5, 5.41) is 7.77. The molecule has 0 atom stereocenters. The molecule has 1 heterocycles. The van der Waals surface area contributed by atoms with Crippen LogP contribution in [-0.4, -0.2) is 22.8 Å². The third-order valence-electron chi connectivity index (χ3n) is 2.71. The second-order valence-corrected chi connectivity index (χ2v) is 4.26. The van der Waals surface area contributed by atoms with Gasteiger partial charge in [0.1, 0.15) is 0 Å². The predicted molar refractivity (Wildman–Crippen MR) is 52.7 cm³/mol. The van der Waals surface area contributed by atoms with Gasteiger partial charge < -0.3 is 4.90 Å². The number of hydrogen-bond donors (Lipinski definition) is 1. The molecule has 1 aliphatic rings. The summed E-state index contributed by atoms with van der Waals surface area (Å²) >= 11 is 0. The lowest BCUT2D eigenvalue weighted by Crippen LogP contribution is -2.44. The van der Waals surface area contributed by atoms with Gasteiger partial charge in [-0.25, -0.2) is 0 Å². The van der Waals surface area contributed by atoms with Crippen molar-refractivity contribution in [3.05, 3.63) is 0 Å². The Morgan fingerprint density at radius 3 is 2.58 bits per heavy atom. The van der Waals surface area contributed by atoms with Crippen molar-refractivity contribution in [3.8, 4) is 0 Å². The Morgan fingerprint density at radius 2 is 2.17 bits per heavy atom. The van der Waals surface area contributed by atoms with Gasteiger partial charge in [-0.05, 0) is 26.7 Å². The number of rotatable bonds is 3. The van der Waals surface area contributed by atoms with Crippen LogP contribution >= 0.6 is 0 Å². The fourth-order valence-corrected chi connectivity index (χ4v) is 2.09. The zero-order valence-corrected chi connectivity index (χ0v) is 8.48. The van der Waals surface area contributed by atoms with Gasteiger partial charge in [-0.1, -0.05) is 13.3 Å². The van der Waals surface area contributed by atoms with Crippen molar-refractivity contribution in [1.82, 2.24) is 4.90 Å². The van der Waals surface area contributed by atoms with E-state index in [1.807, 2.05) is 0 Å². The first kappa shape index (κ1) is 9.56. The van der Waals surface area contributed by atoms with Crippen molar-refractivity contribution in [2.75, 3.05) is 6.54 Å².